The van der Waals surface area contributed by atoms with Crippen LogP contribution in [0.25, 0.3) is 0 Å². The molecule has 1 rings (SSSR count). The number of amides is 1. The lowest BCUT2D eigenvalue weighted by molar-refractivity contribution is -0.116. The molecule has 0 fully saturated rings. The fraction of sp³-hybridized carbons (Fsp3) is 0.500. The molecule has 0 saturated carbocycles. The van der Waals surface area contributed by atoms with Gasteiger partial charge < -0.3 is 5.32 Å². The third-order valence-corrected chi connectivity index (χ3v) is 2.48. The highest BCUT2D eigenvalue weighted by Gasteiger charge is 2.03. The number of hydrogen-bond donors (Lipinski definition) is 1. The number of carbonyl (C=O) groups is 1. The summed E-state index contributed by atoms with van der Waals surface area (Å²) < 4.78 is 0. The van der Waals surface area contributed by atoms with Crippen molar-refractivity contribution >= 4 is 23.3 Å². The van der Waals surface area contributed by atoms with Crippen LogP contribution in [-0.2, 0) is 4.79 Å². The SMILES string of the molecule is CCCCCCC(=O)Nc1cc(Cl)ccn1. The molecular weight excluding hydrogens is 224 g/mol. The van der Waals surface area contributed by atoms with Gasteiger partial charge in [0.25, 0.3) is 0 Å². The van der Waals surface area contributed by atoms with E-state index in [4.69, 9.17) is 11.6 Å². The molecule has 0 aliphatic carbocycles. The van der Waals surface area contributed by atoms with E-state index in [-0.39, 0.29) is 5.91 Å². The van der Waals surface area contributed by atoms with Crippen molar-refractivity contribution in [2.45, 2.75) is 39.0 Å². The third kappa shape index (κ3) is 5.12. The summed E-state index contributed by atoms with van der Waals surface area (Å²) in [7, 11) is 0. The van der Waals surface area contributed by atoms with Gasteiger partial charge in [0, 0.05) is 17.6 Å². The Morgan fingerprint density at radius 2 is 2.25 bits per heavy atom. The van der Waals surface area contributed by atoms with Crippen LogP contribution in [0, 0.1) is 0 Å². The minimum Gasteiger partial charge on any atom is -0.311 e. The summed E-state index contributed by atoms with van der Waals surface area (Å²) in [6, 6.07) is 3.32. The van der Waals surface area contributed by atoms with Crippen LogP contribution in [0.1, 0.15) is 39.0 Å². The number of hydrogen-bond acceptors (Lipinski definition) is 2. The smallest absolute Gasteiger partial charge is 0.225 e. The summed E-state index contributed by atoms with van der Waals surface area (Å²) in [4.78, 5) is 15.5. The largest absolute Gasteiger partial charge is 0.311 e. The van der Waals surface area contributed by atoms with Crippen LogP contribution in [0.15, 0.2) is 18.3 Å². The van der Waals surface area contributed by atoms with E-state index in [1.807, 2.05) is 0 Å². The number of anilines is 1. The van der Waals surface area contributed by atoms with Gasteiger partial charge in [-0.1, -0.05) is 37.8 Å². The zero-order chi connectivity index (χ0) is 11.8. The third-order valence-electron chi connectivity index (χ3n) is 2.25. The number of nitrogens with zero attached hydrogens (tertiary/aromatic N) is 1. The monoisotopic (exact) mass is 240 g/mol. The van der Waals surface area contributed by atoms with Gasteiger partial charge in [-0.2, -0.15) is 0 Å². The van der Waals surface area contributed by atoms with Gasteiger partial charge in [0.05, 0.1) is 0 Å². The van der Waals surface area contributed by atoms with E-state index in [0.717, 1.165) is 12.8 Å². The fourth-order valence-electron chi connectivity index (χ4n) is 1.39. The Morgan fingerprint density at radius 1 is 1.44 bits per heavy atom. The van der Waals surface area contributed by atoms with E-state index in [9.17, 15) is 4.79 Å². The van der Waals surface area contributed by atoms with Crippen molar-refractivity contribution in [2.24, 2.45) is 0 Å². The molecule has 0 bridgehead atoms. The van der Waals surface area contributed by atoms with Crippen molar-refractivity contribution in [1.82, 2.24) is 4.98 Å². The molecule has 16 heavy (non-hydrogen) atoms. The molecule has 0 aromatic carbocycles. The van der Waals surface area contributed by atoms with E-state index in [1.54, 1.807) is 18.3 Å². The minimum atomic E-state index is 0.00543. The first kappa shape index (κ1) is 13.0. The Hall–Kier alpha value is -1.09. The van der Waals surface area contributed by atoms with Crippen LogP contribution in [-0.4, -0.2) is 10.9 Å². The van der Waals surface area contributed by atoms with Crippen molar-refractivity contribution in [2.75, 3.05) is 5.32 Å². The highest BCUT2D eigenvalue weighted by molar-refractivity contribution is 6.30. The van der Waals surface area contributed by atoms with Gasteiger partial charge in [-0.05, 0) is 18.6 Å². The lowest BCUT2D eigenvalue weighted by atomic mass is 10.1. The first-order valence-electron chi connectivity index (χ1n) is 5.63. The summed E-state index contributed by atoms with van der Waals surface area (Å²) in [5.41, 5.74) is 0. The van der Waals surface area contributed by atoms with Crippen molar-refractivity contribution in [3.63, 3.8) is 0 Å². The topological polar surface area (TPSA) is 42.0 Å². The van der Waals surface area contributed by atoms with Crippen molar-refractivity contribution < 1.29 is 4.79 Å². The molecule has 4 heteroatoms. The lowest BCUT2D eigenvalue weighted by Gasteiger charge is -2.04. The number of nitrogens with one attached hydrogen (secondary N) is 1. The Labute approximate surface area is 101 Å². The molecule has 0 aliphatic rings. The summed E-state index contributed by atoms with van der Waals surface area (Å²) in [5.74, 6) is 0.527. The van der Waals surface area contributed by atoms with Crippen molar-refractivity contribution in [1.29, 1.82) is 0 Å². The highest BCUT2D eigenvalue weighted by Crippen LogP contribution is 2.12. The molecule has 0 saturated heterocycles. The van der Waals surface area contributed by atoms with E-state index >= 15 is 0 Å². The molecule has 0 unspecified atom stereocenters. The van der Waals surface area contributed by atoms with Gasteiger partial charge in [0.2, 0.25) is 5.91 Å². The van der Waals surface area contributed by atoms with Crippen LogP contribution < -0.4 is 5.32 Å². The number of pyridine rings is 1. The van der Waals surface area contributed by atoms with Gasteiger partial charge >= 0.3 is 0 Å². The maximum atomic E-state index is 11.5. The van der Waals surface area contributed by atoms with E-state index in [0.29, 0.717) is 17.3 Å². The number of carbonyl (C=O) groups excluding carboxylic acids is 1. The average molecular weight is 241 g/mol. The Balaban J connectivity index is 2.29. The standard InChI is InChI=1S/C12H17ClN2O/c1-2-3-4-5-6-12(16)15-11-9-10(13)7-8-14-11/h7-9H,2-6H2,1H3,(H,14,15,16). The normalized spacial score (nSPS) is 10.1. The lowest BCUT2D eigenvalue weighted by Crippen LogP contribution is -2.12. The van der Waals surface area contributed by atoms with Gasteiger partial charge in [-0.15, -0.1) is 0 Å². The molecular formula is C12H17ClN2O. The number of halogens is 1. The van der Waals surface area contributed by atoms with Crippen LogP contribution >= 0.6 is 11.6 Å². The zero-order valence-electron chi connectivity index (χ0n) is 9.50. The van der Waals surface area contributed by atoms with Crippen molar-refractivity contribution in [3.8, 4) is 0 Å². The highest BCUT2D eigenvalue weighted by atomic mass is 35.5. The Morgan fingerprint density at radius 3 is 2.94 bits per heavy atom. The maximum absolute atomic E-state index is 11.5. The molecule has 1 aromatic heterocycles. The predicted octanol–water partition coefficient (Wildman–Crippen LogP) is 3.64. The number of aromatic nitrogens is 1. The summed E-state index contributed by atoms with van der Waals surface area (Å²) >= 11 is 5.78. The molecule has 0 spiro atoms. The molecule has 0 atom stereocenters. The van der Waals surface area contributed by atoms with E-state index < -0.39 is 0 Å². The van der Waals surface area contributed by atoms with Gasteiger partial charge in [-0.25, -0.2) is 4.98 Å². The molecule has 0 aliphatic heterocycles. The molecule has 1 N–H and O–H groups in total. The van der Waals surface area contributed by atoms with E-state index in [2.05, 4.69) is 17.2 Å². The average Bonchev–Trinajstić information content (AvgIpc) is 2.24. The molecule has 88 valence electrons. The molecule has 1 aromatic rings. The number of unbranched alkanes of at least 4 members (excludes halogenated alkanes) is 3. The first-order chi connectivity index (χ1) is 7.72. The summed E-state index contributed by atoms with van der Waals surface area (Å²) in [5, 5.41) is 3.31. The van der Waals surface area contributed by atoms with Crippen LogP contribution in [0.3, 0.4) is 0 Å². The minimum absolute atomic E-state index is 0.00543. The molecule has 1 amide bonds. The maximum Gasteiger partial charge on any atom is 0.225 e. The summed E-state index contributed by atoms with van der Waals surface area (Å²) in [6.07, 6.45) is 6.52. The number of rotatable bonds is 6. The van der Waals surface area contributed by atoms with Crippen LogP contribution in [0.5, 0.6) is 0 Å². The van der Waals surface area contributed by atoms with Gasteiger partial charge in [0.15, 0.2) is 0 Å². The predicted molar refractivity (Wildman–Crippen MR) is 66.6 cm³/mol. The first-order valence-corrected chi connectivity index (χ1v) is 6.01. The summed E-state index contributed by atoms with van der Waals surface area (Å²) in [6.45, 7) is 2.15. The second-order valence-corrected chi connectivity index (χ2v) is 4.15. The quantitative estimate of drug-likeness (QED) is 0.772. The van der Waals surface area contributed by atoms with Crippen molar-refractivity contribution in [3.05, 3.63) is 23.4 Å². The molecule has 3 nitrogen and oxygen atoms in total. The zero-order valence-corrected chi connectivity index (χ0v) is 10.3. The Bertz CT molecular complexity index is 342. The molecule has 1 heterocycles. The van der Waals surface area contributed by atoms with E-state index in [1.165, 1.54) is 12.8 Å². The molecule has 0 radical (unpaired) electrons. The Kier molecular flexibility index (Phi) is 5.86. The second kappa shape index (κ2) is 7.23. The van der Waals surface area contributed by atoms with Gasteiger partial charge in [-0.3, -0.25) is 4.79 Å². The van der Waals surface area contributed by atoms with Crippen LogP contribution in [0.2, 0.25) is 5.02 Å². The van der Waals surface area contributed by atoms with Gasteiger partial charge in [0.1, 0.15) is 5.82 Å². The second-order valence-electron chi connectivity index (χ2n) is 3.72. The van der Waals surface area contributed by atoms with Crippen LogP contribution in [0.4, 0.5) is 5.82 Å². The fourth-order valence-corrected chi connectivity index (χ4v) is 1.55.